The van der Waals surface area contributed by atoms with Gasteiger partial charge in [0, 0.05) is 21.9 Å². The fourth-order valence-electron chi connectivity index (χ4n) is 4.44. The molecule has 1 N–H and O–H groups in total. The third-order valence-electron chi connectivity index (χ3n) is 5.49. The van der Waals surface area contributed by atoms with Crippen LogP contribution in [0.25, 0.3) is 0 Å². The summed E-state index contributed by atoms with van der Waals surface area (Å²) in [4.78, 5) is 17.1. The Morgan fingerprint density at radius 2 is 2.27 bits per heavy atom. The molecule has 0 spiro atoms. The topological polar surface area (TPSA) is 51.2 Å². The molecule has 4 rings (SSSR count). The molecule has 0 amide bonds. The molecule has 136 valence electrons. The van der Waals surface area contributed by atoms with E-state index in [0.717, 1.165) is 28.0 Å². The zero-order chi connectivity index (χ0) is 18.1. The highest BCUT2D eigenvalue weighted by molar-refractivity contribution is 9.10. The van der Waals surface area contributed by atoms with E-state index in [1.807, 2.05) is 31.2 Å². The van der Waals surface area contributed by atoms with Crippen LogP contribution in [0.3, 0.4) is 0 Å². The van der Waals surface area contributed by atoms with Crippen molar-refractivity contribution < 1.29 is 9.53 Å². The van der Waals surface area contributed by atoms with Crippen LogP contribution in [0.2, 0.25) is 0 Å². The van der Waals surface area contributed by atoms with Crippen molar-refractivity contribution in [3.63, 3.8) is 0 Å². The van der Waals surface area contributed by atoms with E-state index in [0.29, 0.717) is 24.0 Å². The number of nitrogens with one attached hydrogen (secondary N) is 1. The summed E-state index contributed by atoms with van der Waals surface area (Å²) in [6.07, 6.45) is 7.54. The molecule has 0 aliphatic heterocycles. The number of anilines is 2. The summed E-state index contributed by atoms with van der Waals surface area (Å²) in [5.41, 5.74) is 4.03. The van der Waals surface area contributed by atoms with Gasteiger partial charge in [0.05, 0.1) is 12.2 Å². The molecular formula is C21H23BrN2O2. The van der Waals surface area contributed by atoms with Crippen molar-refractivity contribution >= 4 is 33.4 Å². The van der Waals surface area contributed by atoms with Crippen LogP contribution >= 0.6 is 15.9 Å². The van der Waals surface area contributed by atoms with E-state index in [4.69, 9.17) is 4.74 Å². The van der Waals surface area contributed by atoms with Crippen LogP contribution in [-0.2, 0) is 11.2 Å². The molecular weight excluding hydrogens is 392 g/mol. The molecule has 1 aromatic carbocycles. The Balaban J connectivity index is 1.78. The maximum absolute atomic E-state index is 12.5. The monoisotopic (exact) mass is 414 g/mol. The summed E-state index contributed by atoms with van der Waals surface area (Å²) in [5.74, 6) is 1.80. The van der Waals surface area contributed by atoms with E-state index < -0.39 is 0 Å². The highest BCUT2D eigenvalue weighted by Crippen LogP contribution is 2.47. The van der Waals surface area contributed by atoms with Crippen LogP contribution in [0.15, 0.2) is 34.9 Å². The van der Waals surface area contributed by atoms with Crippen LogP contribution in [0.4, 0.5) is 11.5 Å². The van der Waals surface area contributed by atoms with Gasteiger partial charge < -0.3 is 10.1 Å². The van der Waals surface area contributed by atoms with E-state index in [1.165, 1.54) is 31.2 Å². The van der Waals surface area contributed by atoms with Crippen LogP contribution in [0, 0.1) is 5.92 Å². The Morgan fingerprint density at radius 1 is 1.38 bits per heavy atom. The molecule has 1 aromatic heterocycles. The first-order valence-corrected chi connectivity index (χ1v) is 10.2. The number of nitrogens with zero attached hydrogens (tertiary/aromatic N) is 1. The molecule has 2 atom stereocenters. The van der Waals surface area contributed by atoms with Gasteiger partial charge in [-0.15, -0.1) is 0 Å². The fraction of sp³-hybridized carbons (Fsp3) is 0.429. The van der Waals surface area contributed by atoms with E-state index in [2.05, 4.69) is 26.2 Å². The van der Waals surface area contributed by atoms with Gasteiger partial charge in [-0.25, -0.2) is 9.78 Å². The number of fused-ring (bicyclic) bond motifs is 4. The third-order valence-corrected chi connectivity index (χ3v) is 5.99. The predicted molar refractivity (Wildman–Crippen MR) is 106 cm³/mol. The maximum Gasteiger partial charge on any atom is 0.339 e. The van der Waals surface area contributed by atoms with Crippen LogP contribution in [0.1, 0.15) is 60.0 Å². The Labute approximate surface area is 162 Å². The van der Waals surface area contributed by atoms with Gasteiger partial charge in [-0.3, -0.25) is 0 Å². The molecule has 5 heteroatoms. The van der Waals surface area contributed by atoms with E-state index >= 15 is 0 Å². The average molecular weight is 415 g/mol. The molecule has 26 heavy (non-hydrogen) atoms. The van der Waals surface area contributed by atoms with Gasteiger partial charge in [0.2, 0.25) is 0 Å². The lowest BCUT2D eigenvalue weighted by Gasteiger charge is -2.37. The summed E-state index contributed by atoms with van der Waals surface area (Å²) >= 11 is 3.52. The summed E-state index contributed by atoms with van der Waals surface area (Å²) in [7, 11) is 0. The van der Waals surface area contributed by atoms with Crippen molar-refractivity contribution in [2.24, 2.45) is 5.92 Å². The van der Waals surface area contributed by atoms with Crippen LogP contribution < -0.4 is 5.32 Å². The van der Waals surface area contributed by atoms with Gasteiger partial charge in [0.15, 0.2) is 0 Å². The second kappa shape index (κ2) is 7.39. The van der Waals surface area contributed by atoms with Crippen molar-refractivity contribution in [2.75, 3.05) is 11.9 Å². The second-order valence-electron chi connectivity index (χ2n) is 7.20. The number of ether oxygens (including phenoxy) is 1. The molecule has 2 aliphatic rings. The molecule has 2 unspecified atom stereocenters. The molecule has 0 saturated heterocycles. The molecule has 1 heterocycles. The lowest BCUT2D eigenvalue weighted by Crippen LogP contribution is -2.27. The van der Waals surface area contributed by atoms with E-state index in [9.17, 15) is 4.79 Å². The second-order valence-corrected chi connectivity index (χ2v) is 8.12. The lowest BCUT2D eigenvalue weighted by atomic mass is 9.68. The molecule has 4 nitrogen and oxygen atoms in total. The highest BCUT2D eigenvalue weighted by atomic mass is 79.9. The zero-order valence-electron chi connectivity index (χ0n) is 14.9. The Bertz CT molecular complexity index is 837. The summed E-state index contributed by atoms with van der Waals surface area (Å²) in [6, 6.07) is 8.08. The third kappa shape index (κ3) is 3.37. The Hall–Kier alpha value is -1.88. The van der Waals surface area contributed by atoms with Crippen molar-refractivity contribution in [2.45, 2.75) is 44.9 Å². The minimum atomic E-state index is -0.245. The smallest absolute Gasteiger partial charge is 0.339 e. The zero-order valence-corrected chi connectivity index (χ0v) is 16.5. The first-order chi connectivity index (χ1) is 12.7. The SMILES string of the molecule is CCOC(=O)c1cnc(Nc2cccc(Br)c2)c2c1CC1CCCC2C1. The molecule has 2 aliphatic carbocycles. The summed E-state index contributed by atoms with van der Waals surface area (Å²) in [5, 5.41) is 3.48. The minimum Gasteiger partial charge on any atom is -0.462 e. The molecule has 2 aromatic rings. The quantitative estimate of drug-likeness (QED) is 0.661. The van der Waals surface area contributed by atoms with Crippen molar-refractivity contribution in [1.82, 2.24) is 4.98 Å². The largest absolute Gasteiger partial charge is 0.462 e. The molecule has 0 radical (unpaired) electrons. The molecule has 1 fully saturated rings. The van der Waals surface area contributed by atoms with Gasteiger partial charge in [-0.2, -0.15) is 0 Å². The number of esters is 1. The van der Waals surface area contributed by atoms with Crippen molar-refractivity contribution in [3.05, 3.63) is 51.6 Å². The molecule has 2 bridgehead atoms. The number of benzene rings is 1. The predicted octanol–water partition coefficient (Wildman–Crippen LogP) is 5.59. The number of hydrogen-bond donors (Lipinski definition) is 1. The number of carbonyl (C=O) groups excluding carboxylic acids is 1. The summed E-state index contributed by atoms with van der Waals surface area (Å²) in [6.45, 7) is 2.23. The van der Waals surface area contributed by atoms with Gasteiger partial charge in [0.1, 0.15) is 5.82 Å². The van der Waals surface area contributed by atoms with Gasteiger partial charge in [-0.05, 0) is 61.8 Å². The van der Waals surface area contributed by atoms with Crippen LogP contribution in [0.5, 0.6) is 0 Å². The number of carbonyl (C=O) groups is 1. The van der Waals surface area contributed by atoms with Gasteiger partial charge in [0.25, 0.3) is 0 Å². The van der Waals surface area contributed by atoms with Crippen LogP contribution in [-0.4, -0.2) is 17.6 Å². The lowest BCUT2D eigenvalue weighted by molar-refractivity contribution is 0.0523. The molecule has 1 saturated carbocycles. The Kier molecular flexibility index (Phi) is 4.98. The number of hydrogen-bond acceptors (Lipinski definition) is 4. The Morgan fingerprint density at radius 3 is 3.08 bits per heavy atom. The number of pyridine rings is 1. The highest BCUT2D eigenvalue weighted by Gasteiger charge is 2.35. The first kappa shape index (κ1) is 17.5. The standard InChI is InChI=1S/C21H23BrN2O2/c1-2-26-21(25)18-12-23-20(24-16-8-4-7-15(22)11-16)19-14-6-3-5-13(9-14)10-17(18)19/h4,7-8,11-14H,2-3,5-6,9-10H2,1H3,(H,23,24). The number of halogens is 1. The van der Waals surface area contributed by atoms with Crippen molar-refractivity contribution in [3.8, 4) is 0 Å². The number of aromatic nitrogens is 1. The normalized spacial score (nSPS) is 21.0. The minimum absolute atomic E-state index is 0.245. The maximum atomic E-state index is 12.5. The number of rotatable bonds is 4. The van der Waals surface area contributed by atoms with Gasteiger partial charge in [-0.1, -0.05) is 34.8 Å². The van der Waals surface area contributed by atoms with Crippen molar-refractivity contribution in [1.29, 1.82) is 0 Å². The van der Waals surface area contributed by atoms with E-state index in [-0.39, 0.29) is 5.97 Å². The average Bonchev–Trinajstić information content (AvgIpc) is 2.62. The van der Waals surface area contributed by atoms with Gasteiger partial charge >= 0.3 is 5.97 Å². The summed E-state index contributed by atoms with van der Waals surface area (Å²) < 4.78 is 6.31. The fourth-order valence-corrected chi connectivity index (χ4v) is 4.84. The van der Waals surface area contributed by atoms with E-state index in [1.54, 1.807) is 6.20 Å². The first-order valence-electron chi connectivity index (χ1n) is 9.37.